The number of hydrogen-bond donors (Lipinski definition) is 2. The lowest BCUT2D eigenvalue weighted by molar-refractivity contribution is -0.0947. The number of ether oxygens (including phenoxy) is 2. The van der Waals surface area contributed by atoms with E-state index in [2.05, 4.69) is 34.1 Å². The molecule has 1 aromatic carbocycles. The van der Waals surface area contributed by atoms with Crippen LogP contribution < -0.4 is 11.1 Å². The molecule has 1 aliphatic carbocycles. The fourth-order valence-corrected chi connectivity index (χ4v) is 4.41. The molecule has 2 fully saturated rings. The first kappa shape index (κ1) is 20.7. The van der Waals surface area contributed by atoms with Crippen molar-refractivity contribution in [3.8, 4) is 0 Å². The highest BCUT2D eigenvalue weighted by Crippen LogP contribution is 2.47. The molecule has 0 spiro atoms. The van der Waals surface area contributed by atoms with Crippen molar-refractivity contribution in [1.82, 2.24) is 19.5 Å². The topological polar surface area (TPSA) is 117 Å². The highest BCUT2D eigenvalue weighted by Gasteiger charge is 2.55. The summed E-state index contributed by atoms with van der Waals surface area (Å²) in [5.74, 6) is 0.337. The second-order valence-electron chi connectivity index (χ2n) is 8.84. The Labute approximate surface area is 186 Å². The molecule has 0 unspecified atom stereocenters. The molecule has 168 valence electrons. The summed E-state index contributed by atoms with van der Waals surface area (Å²) >= 11 is 0. The van der Waals surface area contributed by atoms with Gasteiger partial charge in [0.25, 0.3) is 0 Å². The minimum atomic E-state index is -0.939. The third-order valence-corrected chi connectivity index (χ3v) is 6.59. The monoisotopic (exact) mass is 436 g/mol. The Morgan fingerprint density at radius 3 is 2.75 bits per heavy atom. The zero-order chi connectivity index (χ0) is 22.5. The zero-order valence-electron chi connectivity index (χ0n) is 18.5. The van der Waals surface area contributed by atoms with Crippen molar-refractivity contribution in [2.75, 3.05) is 11.1 Å². The fraction of sp³-hybridized carbons (Fsp3) is 0.478. The molecule has 3 N–H and O–H groups in total. The number of fused-ring (bicyclic) bond motifs is 1. The van der Waals surface area contributed by atoms with Crippen LogP contribution >= 0.6 is 0 Å². The van der Waals surface area contributed by atoms with Gasteiger partial charge in [-0.1, -0.05) is 32.0 Å². The van der Waals surface area contributed by atoms with E-state index in [0.717, 1.165) is 19.3 Å². The summed E-state index contributed by atoms with van der Waals surface area (Å²) in [6.07, 6.45) is 3.95. The summed E-state index contributed by atoms with van der Waals surface area (Å²) in [6.45, 7) is 6.03. The lowest BCUT2D eigenvalue weighted by atomic mass is 9.86. The van der Waals surface area contributed by atoms with E-state index in [-0.39, 0.29) is 23.9 Å². The van der Waals surface area contributed by atoms with Gasteiger partial charge in [-0.15, -0.1) is 0 Å². The van der Waals surface area contributed by atoms with Crippen LogP contribution in [0.25, 0.3) is 11.2 Å². The number of hydrogen-bond acceptors (Lipinski definition) is 8. The quantitative estimate of drug-likeness (QED) is 0.564. The molecule has 0 amide bonds. The van der Waals surface area contributed by atoms with E-state index >= 15 is 0 Å². The number of benzene rings is 1. The van der Waals surface area contributed by atoms with Crippen molar-refractivity contribution < 1.29 is 14.3 Å². The van der Waals surface area contributed by atoms with Gasteiger partial charge in [0.15, 0.2) is 28.8 Å². The normalized spacial score (nSPS) is 27.5. The number of rotatable bonds is 6. The number of nitrogen functional groups attached to an aromatic ring is 1. The number of nitrogens with two attached hydrogens (primary N) is 1. The average Bonchev–Trinajstić information content (AvgIpc) is 3.45. The SMILES string of the molecule is CC[C@H]1O[C@@H](n2cnc3c(NC4CC4)nc(N)nc32)[C@](C)(OC(=O)c2ccccc2)[C@@H]1C. The van der Waals surface area contributed by atoms with Gasteiger partial charge in [0.05, 0.1) is 18.0 Å². The molecule has 3 aromatic rings. The van der Waals surface area contributed by atoms with Gasteiger partial charge in [-0.25, -0.2) is 9.78 Å². The summed E-state index contributed by atoms with van der Waals surface area (Å²) in [4.78, 5) is 26.4. The predicted octanol–water partition coefficient (Wildman–Crippen LogP) is 3.54. The average molecular weight is 437 g/mol. The highest BCUT2D eigenvalue weighted by atomic mass is 16.6. The van der Waals surface area contributed by atoms with E-state index in [9.17, 15) is 4.79 Å². The lowest BCUT2D eigenvalue weighted by Crippen LogP contribution is -2.43. The Morgan fingerprint density at radius 2 is 2.06 bits per heavy atom. The van der Waals surface area contributed by atoms with Crippen LogP contribution in [0, 0.1) is 5.92 Å². The van der Waals surface area contributed by atoms with Crippen LogP contribution in [-0.2, 0) is 9.47 Å². The standard InChI is InChI=1S/C23H28N6O3/c1-4-16-13(2)23(3,32-20(30)14-8-6-5-7-9-14)21(31-16)29-12-25-17-18(26-15-10-11-15)27-22(24)28-19(17)29/h5-9,12-13,15-16,21H,4,10-11H2,1-3H3,(H3,24,26,27,28)/t13-,16-,21-,23-/m1/s1. The Kier molecular flexibility index (Phi) is 5.00. The molecular weight excluding hydrogens is 408 g/mol. The first-order chi connectivity index (χ1) is 15.4. The van der Waals surface area contributed by atoms with E-state index in [0.29, 0.717) is 28.6 Å². The third kappa shape index (κ3) is 3.46. The molecule has 4 atom stereocenters. The summed E-state index contributed by atoms with van der Waals surface area (Å²) in [5, 5.41) is 3.37. The minimum absolute atomic E-state index is 0.0501. The maximum atomic E-state index is 13.0. The van der Waals surface area contributed by atoms with Crippen molar-refractivity contribution in [2.24, 2.45) is 5.92 Å². The van der Waals surface area contributed by atoms with Crippen LogP contribution in [0.2, 0.25) is 0 Å². The molecule has 1 aliphatic heterocycles. The van der Waals surface area contributed by atoms with Gasteiger partial charge >= 0.3 is 5.97 Å². The van der Waals surface area contributed by atoms with Gasteiger partial charge in [-0.3, -0.25) is 4.57 Å². The van der Waals surface area contributed by atoms with Gasteiger partial charge in [0.2, 0.25) is 5.95 Å². The Morgan fingerprint density at radius 1 is 1.31 bits per heavy atom. The Balaban J connectivity index is 1.55. The van der Waals surface area contributed by atoms with Crippen molar-refractivity contribution in [3.05, 3.63) is 42.2 Å². The summed E-state index contributed by atoms with van der Waals surface area (Å²) in [5.41, 5.74) is 6.76. The first-order valence-electron chi connectivity index (χ1n) is 11.1. The molecule has 3 heterocycles. The van der Waals surface area contributed by atoms with E-state index in [1.165, 1.54) is 0 Å². The zero-order valence-corrected chi connectivity index (χ0v) is 18.5. The molecule has 32 heavy (non-hydrogen) atoms. The molecule has 2 aromatic heterocycles. The van der Waals surface area contributed by atoms with Crippen LogP contribution in [0.4, 0.5) is 11.8 Å². The second kappa shape index (κ2) is 7.74. The Bertz CT molecular complexity index is 1150. The maximum Gasteiger partial charge on any atom is 0.338 e. The number of nitrogens with one attached hydrogen (secondary N) is 1. The molecule has 1 saturated heterocycles. The number of anilines is 2. The van der Waals surface area contributed by atoms with E-state index in [1.807, 2.05) is 29.7 Å². The van der Waals surface area contributed by atoms with Crippen LogP contribution in [0.15, 0.2) is 36.7 Å². The van der Waals surface area contributed by atoms with E-state index in [1.54, 1.807) is 18.5 Å². The second-order valence-corrected chi connectivity index (χ2v) is 8.84. The van der Waals surface area contributed by atoms with Gasteiger partial charge in [-0.2, -0.15) is 9.97 Å². The van der Waals surface area contributed by atoms with Crippen LogP contribution in [0.5, 0.6) is 0 Å². The van der Waals surface area contributed by atoms with E-state index < -0.39 is 11.8 Å². The van der Waals surface area contributed by atoms with Gasteiger partial charge in [0.1, 0.15) is 0 Å². The summed E-state index contributed by atoms with van der Waals surface area (Å²) in [6, 6.07) is 9.38. The molecule has 0 bridgehead atoms. The lowest BCUT2D eigenvalue weighted by Gasteiger charge is -2.34. The van der Waals surface area contributed by atoms with Crippen molar-refractivity contribution in [3.63, 3.8) is 0 Å². The molecule has 1 saturated carbocycles. The van der Waals surface area contributed by atoms with Crippen molar-refractivity contribution in [1.29, 1.82) is 0 Å². The molecule has 9 heteroatoms. The Hall–Kier alpha value is -3.20. The minimum Gasteiger partial charge on any atom is -0.451 e. The number of esters is 1. The van der Waals surface area contributed by atoms with Gasteiger partial charge in [0, 0.05) is 12.0 Å². The third-order valence-electron chi connectivity index (χ3n) is 6.59. The molecule has 9 nitrogen and oxygen atoms in total. The first-order valence-corrected chi connectivity index (χ1v) is 11.1. The van der Waals surface area contributed by atoms with Crippen molar-refractivity contribution in [2.45, 2.75) is 64.0 Å². The smallest absolute Gasteiger partial charge is 0.338 e. The largest absolute Gasteiger partial charge is 0.451 e. The van der Waals surface area contributed by atoms with Crippen LogP contribution in [0.1, 0.15) is 56.6 Å². The molecular formula is C23H28N6O3. The number of carbonyl (C=O) groups is 1. The van der Waals surface area contributed by atoms with Crippen LogP contribution in [-0.4, -0.2) is 43.2 Å². The highest BCUT2D eigenvalue weighted by molar-refractivity contribution is 5.89. The number of imidazole rings is 1. The van der Waals surface area contributed by atoms with Gasteiger partial charge < -0.3 is 20.5 Å². The summed E-state index contributed by atoms with van der Waals surface area (Å²) in [7, 11) is 0. The molecule has 0 radical (unpaired) electrons. The number of aromatic nitrogens is 4. The maximum absolute atomic E-state index is 13.0. The number of carbonyl (C=O) groups excluding carboxylic acids is 1. The molecule has 5 rings (SSSR count). The van der Waals surface area contributed by atoms with Gasteiger partial charge in [-0.05, 0) is 38.3 Å². The predicted molar refractivity (Wildman–Crippen MR) is 120 cm³/mol. The summed E-state index contributed by atoms with van der Waals surface area (Å²) < 4.78 is 14.4. The van der Waals surface area contributed by atoms with Crippen molar-refractivity contribution >= 4 is 28.9 Å². The van der Waals surface area contributed by atoms with Crippen LogP contribution in [0.3, 0.4) is 0 Å². The van der Waals surface area contributed by atoms with E-state index in [4.69, 9.17) is 15.2 Å². The fourth-order valence-electron chi connectivity index (χ4n) is 4.41. The molecule has 2 aliphatic rings. The number of nitrogens with zero attached hydrogens (tertiary/aromatic N) is 4.